The lowest BCUT2D eigenvalue weighted by molar-refractivity contribution is -0.138. The maximum atomic E-state index is 13.9. The number of rotatable bonds is 32. The number of aromatic nitrogens is 2. The van der Waals surface area contributed by atoms with E-state index in [1.807, 2.05) is 32.0 Å². The van der Waals surface area contributed by atoms with E-state index in [0.29, 0.717) is 6.42 Å². The number of aromatic amines is 1. The van der Waals surface area contributed by atoms with E-state index in [-0.39, 0.29) is 69.8 Å². The molecule has 0 spiro atoms. The predicted molar refractivity (Wildman–Crippen MR) is 225 cm³/mol. The fourth-order valence-corrected chi connectivity index (χ4v) is 6.93. The van der Waals surface area contributed by atoms with Crippen molar-refractivity contribution in [3.8, 4) is 0 Å². The number of phosphoric acid groups is 1. The number of aliphatic hydroxyl groups is 2. The Labute approximate surface area is 361 Å². The predicted octanol–water partition coefficient (Wildman–Crippen LogP) is -0.276. The average Bonchev–Trinajstić information content (AvgIpc) is 3.73. The van der Waals surface area contributed by atoms with Gasteiger partial charge in [0.15, 0.2) is 0 Å². The molecule has 1 heterocycles. The van der Waals surface area contributed by atoms with Crippen molar-refractivity contribution in [2.24, 2.45) is 11.7 Å². The normalized spacial score (nSPS) is 13.9. The molecule has 348 valence electrons. The van der Waals surface area contributed by atoms with Gasteiger partial charge >= 0.3 is 7.82 Å². The number of amides is 6. The largest absolute Gasteiger partial charge is 0.469 e. The molecule has 0 fully saturated rings. The third-order valence-corrected chi connectivity index (χ3v) is 10.1. The summed E-state index contributed by atoms with van der Waals surface area (Å²) in [4.78, 5) is 106. The number of imidazole rings is 1. The van der Waals surface area contributed by atoms with E-state index in [4.69, 9.17) is 25.4 Å². The number of hydrogen-bond donors (Lipinski definition) is 10. The van der Waals surface area contributed by atoms with E-state index in [0.717, 1.165) is 45.4 Å². The molecule has 0 bridgehead atoms. The Morgan fingerprint density at radius 3 is 2.06 bits per heavy atom. The fourth-order valence-electron chi connectivity index (χ4n) is 6.38. The molecule has 11 N–H and O–H groups in total. The van der Waals surface area contributed by atoms with Crippen LogP contribution < -0.4 is 27.0 Å². The highest BCUT2D eigenvalue weighted by atomic mass is 31.2. The molecule has 0 saturated heterocycles. The van der Waals surface area contributed by atoms with Crippen molar-refractivity contribution in [3.05, 3.63) is 54.1 Å². The van der Waals surface area contributed by atoms with Crippen LogP contribution in [0, 0.1) is 5.92 Å². The third kappa shape index (κ3) is 21.9. The molecule has 0 aliphatic heterocycles. The van der Waals surface area contributed by atoms with Crippen LogP contribution in [0.25, 0.3) is 0 Å². The van der Waals surface area contributed by atoms with Crippen LogP contribution >= 0.6 is 7.82 Å². The second-order valence-electron chi connectivity index (χ2n) is 15.2. The first kappa shape index (κ1) is 53.4. The zero-order chi connectivity index (χ0) is 46.1. The van der Waals surface area contributed by atoms with Crippen LogP contribution in [0.3, 0.4) is 0 Å². The van der Waals surface area contributed by atoms with Gasteiger partial charge in [-0.05, 0) is 44.1 Å². The van der Waals surface area contributed by atoms with Gasteiger partial charge in [-0.3, -0.25) is 33.3 Å². The number of nitrogens with two attached hydrogens (primary N) is 1. The number of H-pyrrole nitrogens is 1. The van der Waals surface area contributed by atoms with Crippen molar-refractivity contribution in [1.82, 2.24) is 36.1 Å². The second-order valence-corrected chi connectivity index (χ2v) is 16.4. The van der Waals surface area contributed by atoms with E-state index in [1.54, 1.807) is 0 Å². The van der Waals surface area contributed by atoms with E-state index < -0.39 is 74.2 Å². The van der Waals surface area contributed by atoms with Gasteiger partial charge in [0.2, 0.25) is 35.4 Å². The number of nitrogens with zero attached hydrogens (tertiary/aromatic N) is 2. The van der Waals surface area contributed by atoms with Crippen molar-refractivity contribution in [2.75, 3.05) is 39.5 Å². The lowest BCUT2D eigenvalue weighted by atomic mass is 10.0. The standard InChI is InChI=1S/C40H65N8O13P/c1-27(2)23-30(44-34(51)25-48(35(52)16-21-60-22-20-49)19-12-7-5-4-6-9-13-29-14-10-8-11-15-29)38(54)45-31(24-33-42-17-18-43-33)39(55)46-32(26-50)40(56)47-36(37(41)53)28(3)61-62(57,58)59/h8,10-11,14-15,17-18,27-28,30-32,36,49-50H,4-7,9,12-13,16,19-26H2,1-3H3,(H2,41,53)(H,42,43)(H,44,51)(H,45,54)(H,46,55)(H,47,56)(H2,57,58,59)/t28-,30+,31+,32+,36+/m1/s1. The molecular formula is C40H65N8O13P. The summed E-state index contributed by atoms with van der Waals surface area (Å²) in [7, 11) is -5.11. The quantitative estimate of drug-likeness (QED) is 0.0334. The molecule has 2 rings (SSSR count). The third-order valence-electron chi connectivity index (χ3n) is 9.51. The van der Waals surface area contributed by atoms with Crippen molar-refractivity contribution < 1.29 is 62.6 Å². The van der Waals surface area contributed by atoms with Gasteiger partial charge in [0, 0.05) is 25.4 Å². The van der Waals surface area contributed by atoms with Gasteiger partial charge in [-0.1, -0.05) is 69.9 Å². The Morgan fingerprint density at radius 1 is 0.839 bits per heavy atom. The van der Waals surface area contributed by atoms with Gasteiger partial charge in [0.05, 0.1) is 45.5 Å². The first-order chi connectivity index (χ1) is 29.4. The fraction of sp³-hybridized carbons (Fsp3) is 0.625. The first-order valence-electron chi connectivity index (χ1n) is 20.8. The minimum atomic E-state index is -5.11. The van der Waals surface area contributed by atoms with E-state index in [2.05, 4.69) is 47.9 Å². The Hall–Kier alpha value is -4.76. The SMILES string of the molecule is CC(C)C[C@H](NC(=O)CN(CCCCCCCCc1ccccc1)C(=O)CCOCCO)C(=O)N[C@@H](Cc1ncc[nH]1)C(=O)N[C@@H](CO)C(=O)N[C@H](C(N)=O)[C@@H](C)OP(=O)(O)O. The van der Waals surface area contributed by atoms with Crippen molar-refractivity contribution in [3.63, 3.8) is 0 Å². The highest BCUT2D eigenvalue weighted by molar-refractivity contribution is 7.46. The summed E-state index contributed by atoms with van der Waals surface area (Å²) in [5.74, 6) is -5.00. The summed E-state index contributed by atoms with van der Waals surface area (Å²) in [6.45, 7) is 3.52. The number of aliphatic hydroxyl groups excluding tert-OH is 2. The molecule has 0 radical (unpaired) electrons. The molecule has 21 nitrogen and oxygen atoms in total. The van der Waals surface area contributed by atoms with Crippen LogP contribution in [-0.4, -0.2) is 140 Å². The van der Waals surface area contributed by atoms with Crippen LogP contribution in [0.5, 0.6) is 0 Å². The summed E-state index contributed by atoms with van der Waals surface area (Å²) in [6, 6.07) is 4.11. The Morgan fingerprint density at radius 2 is 1.47 bits per heavy atom. The van der Waals surface area contributed by atoms with Gasteiger partial charge in [0.25, 0.3) is 0 Å². The molecule has 0 aliphatic rings. The van der Waals surface area contributed by atoms with Crippen molar-refractivity contribution in [1.29, 1.82) is 0 Å². The summed E-state index contributed by atoms with van der Waals surface area (Å²) < 4.78 is 21.0. The average molecular weight is 897 g/mol. The first-order valence-corrected chi connectivity index (χ1v) is 22.3. The molecule has 5 atom stereocenters. The number of phosphoric ester groups is 1. The van der Waals surface area contributed by atoms with E-state index >= 15 is 0 Å². The van der Waals surface area contributed by atoms with Gasteiger partial charge in [-0.2, -0.15) is 0 Å². The van der Waals surface area contributed by atoms with Crippen LogP contribution in [0.15, 0.2) is 42.7 Å². The monoisotopic (exact) mass is 896 g/mol. The van der Waals surface area contributed by atoms with E-state index in [1.165, 1.54) is 22.9 Å². The molecule has 0 saturated carbocycles. The molecule has 0 unspecified atom stereocenters. The van der Waals surface area contributed by atoms with E-state index in [9.17, 15) is 38.4 Å². The number of nitrogens with one attached hydrogen (secondary N) is 5. The molecule has 2 aromatic rings. The summed E-state index contributed by atoms with van der Waals surface area (Å²) >= 11 is 0. The Balaban J connectivity index is 2.14. The van der Waals surface area contributed by atoms with Crippen molar-refractivity contribution in [2.45, 2.75) is 115 Å². The highest BCUT2D eigenvalue weighted by Gasteiger charge is 2.35. The minimum Gasteiger partial charge on any atom is -0.394 e. The number of hydrogen-bond acceptors (Lipinski definition) is 12. The van der Waals surface area contributed by atoms with Crippen molar-refractivity contribution >= 4 is 43.3 Å². The van der Waals surface area contributed by atoms with Gasteiger partial charge < -0.3 is 61.6 Å². The lowest BCUT2D eigenvalue weighted by Crippen LogP contribution is -2.61. The molecular weight excluding hydrogens is 831 g/mol. The molecule has 1 aromatic heterocycles. The van der Waals surface area contributed by atoms with Crippen LogP contribution in [-0.2, 0) is 55.4 Å². The Bertz CT molecular complexity index is 1710. The van der Waals surface area contributed by atoms with Crippen LogP contribution in [0.2, 0.25) is 0 Å². The lowest BCUT2D eigenvalue weighted by Gasteiger charge is -2.27. The van der Waals surface area contributed by atoms with Crippen LogP contribution in [0.1, 0.15) is 83.5 Å². The topological polar surface area (TPSA) is 325 Å². The summed E-state index contributed by atoms with van der Waals surface area (Å²) in [6.07, 6.45) is 7.74. The zero-order valence-corrected chi connectivity index (χ0v) is 36.6. The number of unbranched alkanes of at least 4 members (excludes halogenated alkanes) is 5. The molecule has 0 aliphatic carbocycles. The van der Waals surface area contributed by atoms with Gasteiger partial charge in [-0.15, -0.1) is 0 Å². The smallest absolute Gasteiger partial charge is 0.394 e. The number of primary amides is 1. The maximum absolute atomic E-state index is 13.9. The van der Waals surface area contributed by atoms with Gasteiger partial charge in [-0.25, -0.2) is 9.55 Å². The number of ether oxygens (including phenoxy) is 1. The number of benzene rings is 1. The second kappa shape index (κ2) is 28.8. The van der Waals surface area contributed by atoms with Crippen LogP contribution in [0.4, 0.5) is 0 Å². The zero-order valence-electron chi connectivity index (χ0n) is 35.7. The number of carbonyl (C=O) groups excluding carboxylic acids is 6. The molecule has 6 amide bonds. The highest BCUT2D eigenvalue weighted by Crippen LogP contribution is 2.38. The minimum absolute atomic E-state index is 0.0253. The molecule has 22 heteroatoms. The number of carbonyl (C=O) groups is 6. The van der Waals surface area contributed by atoms with Gasteiger partial charge in [0.1, 0.15) is 30.0 Å². The molecule has 1 aromatic carbocycles. The molecule has 62 heavy (non-hydrogen) atoms. The summed E-state index contributed by atoms with van der Waals surface area (Å²) in [5.41, 5.74) is 6.60. The number of aryl methyl sites for hydroxylation is 1. The Kier molecular flexibility index (Phi) is 24.8. The summed E-state index contributed by atoms with van der Waals surface area (Å²) in [5, 5.41) is 28.7. The maximum Gasteiger partial charge on any atom is 0.469 e.